The van der Waals surface area contributed by atoms with Gasteiger partial charge < -0.3 is 24.8 Å². The van der Waals surface area contributed by atoms with Crippen LogP contribution in [0.1, 0.15) is 28.2 Å². The first kappa shape index (κ1) is 23.6. The van der Waals surface area contributed by atoms with E-state index < -0.39 is 5.97 Å². The van der Waals surface area contributed by atoms with Crippen molar-refractivity contribution in [2.24, 2.45) is 4.99 Å². The average Bonchev–Trinajstić information content (AvgIpc) is 3.23. The zero-order valence-electron chi connectivity index (χ0n) is 17.3. The van der Waals surface area contributed by atoms with Gasteiger partial charge in [-0.3, -0.25) is 9.59 Å². The van der Waals surface area contributed by atoms with Crippen LogP contribution in [0.5, 0.6) is 0 Å². The third kappa shape index (κ3) is 6.99. The number of hydrogen-bond acceptors (Lipinski definition) is 9. The number of thioether (sulfide) groups is 1. The lowest BCUT2D eigenvalue weighted by molar-refractivity contribution is -0.135. The molecule has 1 aliphatic rings. The number of aliphatic imine (C=N–C) groups is 1. The molecule has 1 aromatic heterocycles. The first-order valence-corrected chi connectivity index (χ1v) is 10.8. The maximum atomic E-state index is 12.8. The molecule has 164 valence electrons. The molecule has 11 heteroatoms. The number of aliphatic carboxylic acids is 1. The van der Waals surface area contributed by atoms with Crippen LogP contribution < -0.4 is 5.32 Å². The van der Waals surface area contributed by atoms with Crippen LogP contribution in [0.15, 0.2) is 23.1 Å². The fourth-order valence-corrected chi connectivity index (χ4v) is 3.26. The lowest BCUT2D eigenvalue weighted by Gasteiger charge is -2.16. The van der Waals surface area contributed by atoms with Gasteiger partial charge in [-0.15, -0.1) is 10.2 Å². The highest BCUT2D eigenvalue weighted by molar-refractivity contribution is 7.98. The number of rotatable bonds is 11. The number of aromatic nitrogens is 2. The second kappa shape index (κ2) is 12.1. The van der Waals surface area contributed by atoms with Crippen LogP contribution in [0.25, 0.3) is 0 Å². The lowest BCUT2D eigenvalue weighted by Crippen LogP contribution is -2.31. The van der Waals surface area contributed by atoms with Crippen molar-refractivity contribution in [3.05, 3.63) is 35.1 Å². The van der Waals surface area contributed by atoms with E-state index >= 15 is 0 Å². The molecule has 1 saturated heterocycles. The highest BCUT2D eigenvalue weighted by atomic mass is 32.2. The number of nitrogens with one attached hydrogen (secondary N) is 1. The third-order valence-electron chi connectivity index (χ3n) is 4.47. The summed E-state index contributed by atoms with van der Waals surface area (Å²) in [5, 5.41) is 19.6. The average molecular weight is 438 g/mol. The van der Waals surface area contributed by atoms with Crippen LogP contribution in [0, 0.1) is 0 Å². The summed E-state index contributed by atoms with van der Waals surface area (Å²) >= 11 is 1.68. The molecule has 0 aromatic carbocycles. The van der Waals surface area contributed by atoms with Crippen molar-refractivity contribution >= 4 is 29.9 Å². The van der Waals surface area contributed by atoms with Crippen LogP contribution in [-0.4, -0.2) is 90.3 Å². The topological polar surface area (TPSA) is 126 Å². The summed E-state index contributed by atoms with van der Waals surface area (Å²) in [5.41, 5.74) is 1.67. The number of aryl methyl sites for hydroxylation is 1. The minimum atomic E-state index is -0.994. The molecular weight excluding hydrogens is 410 g/mol. The Hall–Kier alpha value is -2.66. The molecule has 1 unspecified atom stereocenters. The number of ether oxygens (including phenoxy) is 2. The molecule has 0 aliphatic carbocycles. The molecule has 0 radical (unpaired) electrons. The maximum absolute atomic E-state index is 12.8. The van der Waals surface area contributed by atoms with E-state index in [2.05, 4.69) is 20.5 Å². The molecule has 2 rings (SSSR count). The molecule has 2 heterocycles. The largest absolute Gasteiger partial charge is 0.480 e. The number of methoxy groups -OCH3 is 2. The number of carbonyl (C=O) groups is 2. The predicted octanol–water partition coefficient (Wildman–Crippen LogP) is 0.781. The number of hydrogen-bond donors (Lipinski definition) is 2. The molecule has 0 bridgehead atoms. The Morgan fingerprint density at radius 1 is 1.43 bits per heavy atom. The van der Waals surface area contributed by atoms with Gasteiger partial charge in [0.05, 0.1) is 25.6 Å². The van der Waals surface area contributed by atoms with E-state index in [9.17, 15) is 9.59 Å². The zero-order chi connectivity index (χ0) is 21.9. The van der Waals surface area contributed by atoms with Gasteiger partial charge in [0, 0.05) is 20.2 Å². The summed E-state index contributed by atoms with van der Waals surface area (Å²) in [5.74, 6) is -0.114. The van der Waals surface area contributed by atoms with Gasteiger partial charge in [-0.05, 0) is 36.5 Å². The Morgan fingerprint density at radius 2 is 2.23 bits per heavy atom. The molecule has 2 N–H and O–H groups in total. The van der Waals surface area contributed by atoms with E-state index in [1.165, 1.54) is 19.5 Å². The molecule has 1 amide bonds. The quantitative estimate of drug-likeness (QED) is 0.381. The van der Waals surface area contributed by atoms with Crippen molar-refractivity contribution < 1.29 is 24.2 Å². The van der Waals surface area contributed by atoms with E-state index in [4.69, 9.17) is 14.6 Å². The van der Waals surface area contributed by atoms with Crippen molar-refractivity contribution in [2.75, 3.05) is 45.9 Å². The van der Waals surface area contributed by atoms with E-state index in [0.717, 1.165) is 17.7 Å². The van der Waals surface area contributed by atoms with Gasteiger partial charge in [-0.2, -0.15) is 11.8 Å². The SMILES string of the molecule is COC(=CNCC(=O)O)N=Cc1nnc(C(=O)N2CCC(OC)C2)cc1CCSC. The predicted molar refractivity (Wildman–Crippen MR) is 114 cm³/mol. The molecular formula is C19H27N5O5S. The summed E-state index contributed by atoms with van der Waals surface area (Å²) in [6.45, 7) is 0.928. The van der Waals surface area contributed by atoms with Crippen molar-refractivity contribution in [1.29, 1.82) is 0 Å². The second-order valence-electron chi connectivity index (χ2n) is 6.50. The summed E-state index contributed by atoms with van der Waals surface area (Å²) in [6.07, 6.45) is 6.41. The molecule has 30 heavy (non-hydrogen) atoms. The normalized spacial score (nSPS) is 16.8. The second-order valence-corrected chi connectivity index (χ2v) is 7.49. The van der Waals surface area contributed by atoms with Crippen molar-refractivity contribution in [3.8, 4) is 0 Å². The Labute approximate surface area is 179 Å². The van der Waals surface area contributed by atoms with Crippen molar-refractivity contribution in [2.45, 2.75) is 18.9 Å². The fourth-order valence-electron chi connectivity index (χ4n) is 2.83. The highest BCUT2D eigenvalue weighted by Crippen LogP contribution is 2.16. The molecule has 1 atom stereocenters. The van der Waals surface area contributed by atoms with E-state index in [1.54, 1.807) is 29.8 Å². The van der Waals surface area contributed by atoms with Gasteiger partial charge >= 0.3 is 5.97 Å². The molecule has 10 nitrogen and oxygen atoms in total. The van der Waals surface area contributed by atoms with Crippen LogP contribution in [-0.2, 0) is 20.7 Å². The first-order chi connectivity index (χ1) is 14.5. The Kier molecular flexibility index (Phi) is 9.55. The smallest absolute Gasteiger partial charge is 0.322 e. The molecule has 1 aliphatic heterocycles. The monoisotopic (exact) mass is 437 g/mol. The van der Waals surface area contributed by atoms with E-state index in [1.807, 2.05) is 6.26 Å². The summed E-state index contributed by atoms with van der Waals surface area (Å²) in [6, 6.07) is 1.76. The van der Waals surface area contributed by atoms with Crippen molar-refractivity contribution in [1.82, 2.24) is 20.4 Å². The number of likely N-dealkylation sites (tertiary alicyclic amines) is 1. The highest BCUT2D eigenvalue weighted by Gasteiger charge is 2.28. The van der Waals surface area contributed by atoms with E-state index in [-0.39, 0.29) is 24.4 Å². The Morgan fingerprint density at radius 3 is 2.87 bits per heavy atom. The Bertz CT molecular complexity index is 802. The standard InChI is InChI=1S/C19H27N5O5S/c1-28-14-4-6-24(12-14)19(27)15-8-13(5-7-30-3)16(23-22-15)9-21-17(29-2)10-20-11-18(25)26/h8-10,14,20H,4-7,11-12H2,1-3H3,(H,25,26). The molecule has 1 fully saturated rings. The van der Waals surface area contributed by atoms with Crippen molar-refractivity contribution in [3.63, 3.8) is 0 Å². The number of carbonyl (C=O) groups excluding carboxylic acids is 1. The minimum Gasteiger partial charge on any atom is -0.480 e. The third-order valence-corrected chi connectivity index (χ3v) is 5.08. The first-order valence-electron chi connectivity index (χ1n) is 9.39. The lowest BCUT2D eigenvalue weighted by atomic mass is 10.1. The number of amides is 1. The number of nitrogens with zero attached hydrogens (tertiary/aromatic N) is 4. The van der Waals surface area contributed by atoms with Crippen LogP contribution in [0.2, 0.25) is 0 Å². The van der Waals surface area contributed by atoms with Crippen LogP contribution in [0.4, 0.5) is 0 Å². The zero-order valence-corrected chi connectivity index (χ0v) is 18.1. The van der Waals surface area contributed by atoms with Crippen LogP contribution >= 0.6 is 11.8 Å². The fraction of sp³-hybridized carbons (Fsp3) is 0.526. The number of carboxylic acids is 1. The van der Waals surface area contributed by atoms with Gasteiger partial charge in [0.25, 0.3) is 5.91 Å². The van der Waals surface area contributed by atoms with Gasteiger partial charge in [0.15, 0.2) is 5.69 Å². The van der Waals surface area contributed by atoms with E-state index in [0.29, 0.717) is 30.9 Å². The van der Waals surface area contributed by atoms with Gasteiger partial charge in [-0.1, -0.05) is 0 Å². The molecule has 0 saturated carbocycles. The Balaban J connectivity index is 2.18. The van der Waals surface area contributed by atoms with Gasteiger partial charge in [-0.25, -0.2) is 4.99 Å². The minimum absolute atomic E-state index is 0.0540. The summed E-state index contributed by atoms with van der Waals surface area (Å²) in [7, 11) is 3.07. The van der Waals surface area contributed by atoms with Gasteiger partial charge in [0.2, 0.25) is 5.88 Å². The number of carboxylic acid groups (broad SMARTS) is 1. The maximum Gasteiger partial charge on any atom is 0.322 e. The van der Waals surface area contributed by atoms with Crippen LogP contribution in [0.3, 0.4) is 0 Å². The molecule has 1 aromatic rings. The summed E-state index contributed by atoms with van der Waals surface area (Å²) in [4.78, 5) is 29.3. The summed E-state index contributed by atoms with van der Waals surface area (Å²) < 4.78 is 10.4. The van der Waals surface area contributed by atoms with Gasteiger partial charge in [0.1, 0.15) is 12.2 Å². The molecule has 0 spiro atoms.